The van der Waals surface area contributed by atoms with E-state index in [0.717, 1.165) is 12.2 Å². The van der Waals surface area contributed by atoms with E-state index >= 15 is 0 Å². The van der Waals surface area contributed by atoms with Crippen LogP contribution in [0.25, 0.3) is 0 Å². The van der Waals surface area contributed by atoms with Gasteiger partial charge in [-0.25, -0.2) is 0 Å². The highest BCUT2D eigenvalue weighted by atomic mass is 16.5. The first-order valence-corrected chi connectivity index (χ1v) is 6.27. The molecule has 2 heteroatoms. The van der Waals surface area contributed by atoms with Crippen molar-refractivity contribution in [1.82, 2.24) is 0 Å². The Kier molecular flexibility index (Phi) is 3.38. The molecule has 2 nitrogen and oxygen atoms in total. The fourth-order valence-electron chi connectivity index (χ4n) is 2.10. The zero-order chi connectivity index (χ0) is 12.3. The number of nitrogens with zero attached hydrogens (tertiary/aromatic N) is 1. The molecule has 1 aromatic rings. The second kappa shape index (κ2) is 4.79. The van der Waals surface area contributed by atoms with Gasteiger partial charge in [-0.2, -0.15) is 5.26 Å². The van der Waals surface area contributed by atoms with Crippen molar-refractivity contribution in [3.05, 3.63) is 29.3 Å². The summed E-state index contributed by atoms with van der Waals surface area (Å²) in [5.41, 5.74) is 2.46. The lowest BCUT2D eigenvalue weighted by Gasteiger charge is -2.19. The molecular weight excluding hydrogens is 210 g/mol. The van der Waals surface area contributed by atoms with Gasteiger partial charge in [0.25, 0.3) is 0 Å². The lowest BCUT2D eigenvalue weighted by Crippen LogP contribution is -2.19. The Bertz CT molecular complexity index is 443. The van der Waals surface area contributed by atoms with Crippen LogP contribution in [0.15, 0.2) is 18.2 Å². The summed E-state index contributed by atoms with van der Waals surface area (Å²) in [6.07, 6.45) is 4.93. The number of nitriles is 1. The topological polar surface area (TPSA) is 33.0 Å². The monoisotopic (exact) mass is 229 g/mol. The van der Waals surface area contributed by atoms with Crippen LogP contribution >= 0.6 is 0 Å². The Labute approximate surface area is 103 Å². The van der Waals surface area contributed by atoms with Crippen molar-refractivity contribution in [1.29, 1.82) is 5.26 Å². The highest BCUT2D eigenvalue weighted by Gasteiger charge is 2.18. The molecule has 1 aliphatic rings. The fraction of sp³-hybridized carbons (Fsp3) is 0.533. The summed E-state index contributed by atoms with van der Waals surface area (Å²) in [5.74, 6) is 0.897. The zero-order valence-corrected chi connectivity index (χ0v) is 10.6. The molecule has 0 aliphatic heterocycles. The molecule has 0 bridgehead atoms. The van der Waals surface area contributed by atoms with Crippen LogP contribution in [0.3, 0.4) is 0 Å². The molecular formula is C15H19NO. The number of aryl methyl sites for hydroxylation is 2. The first-order chi connectivity index (χ1) is 8.11. The number of hydrogen-bond donors (Lipinski definition) is 0. The van der Waals surface area contributed by atoms with Crippen LogP contribution in [0, 0.1) is 16.7 Å². The molecule has 0 heterocycles. The highest BCUT2D eigenvalue weighted by molar-refractivity contribution is 5.37. The molecule has 0 saturated heterocycles. The SMILES string of the molecule is CC(C)(C#N)COc1ccc2c(c1)CCCC2. The standard InChI is InChI=1S/C15H19NO/c1-15(2,10-16)11-17-14-8-7-12-5-3-4-6-13(12)9-14/h7-9H,3-6,11H2,1-2H3. The summed E-state index contributed by atoms with van der Waals surface area (Å²) in [5, 5.41) is 8.93. The van der Waals surface area contributed by atoms with E-state index in [0.29, 0.717) is 6.61 Å². The molecule has 1 aliphatic carbocycles. The smallest absolute Gasteiger partial charge is 0.119 e. The maximum atomic E-state index is 8.93. The van der Waals surface area contributed by atoms with E-state index < -0.39 is 5.41 Å². The molecule has 0 atom stereocenters. The van der Waals surface area contributed by atoms with Crippen molar-refractivity contribution in [2.75, 3.05) is 6.61 Å². The molecule has 0 saturated carbocycles. The number of fused-ring (bicyclic) bond motifs is 1. The van der Waals surface area contributed by atoms with Gasteiger partial charge >= 0.3 is 0 Å². The molecule has 0 unspecified atom stereocenters. The van der Waals surface area contributed by atoms with Crippen molar-refractivity contribution in [3.8, 4) is 11.8 Å². The van der Waals surface area contributed by atoms with E-state index in [9.17, 15) is 0 Å². The molecule has 2 rings (SSSR count). The number of rotatable bonds is 3. The fourth-order valence-corrected chi connectivity index (χ4v) is 2.10. The third-order valence-corrected chi connectivity index (χ3v) is 3.22. The van der Waals surface area contributed by atoms with Crippen LogP contribution in [-0.4, -0.2) is 6.61 Å². The zero-order valence-electron chi connectivity index (χ0n) is 10.6. The Morgan fingerprint density at radius 1 is 1.24 bits per heavy atom. The first kappa shape index (κ1) is 12.0. The lowest BCUT2D eigenvalue weighted by atomic mass is 9.91. The minimum absolute atomic E-state index is 0.421. The number of ether oxygens (including phenoxy) is 1. The van der Waals surface area contributed by atoms with E-state index in [4.69, 9.17) is 10.00 Å². The van der Waals surface area contributed by atoms with Gasteiger partial charge < -0.3 is 4.74 Å². The third-order valence-electron chi connectivity index (χ3n) is 3.22. The van der Waals surface area contributed by atoms with Crippen LogP contribution in [0.1, 0.15) is 37.8 Å². The van der Waals surface area contributed by atoms with Gasteiger partial charge in [0.15, 0.2) is 0 Å². The van der Waals surface area contributed by atoms with E-state index in [1.807, 2.05) is 19.9 Å². The molecule has 0 N–H and O–H groups in total. The highest BCUT2D eigenvalue weighted by Crippen LogP contribution is 2.26. The molecule has 0 radical (unpaired) electrons. The van der Waals surface area contributed by atoms with Gasteiger partial charge in [-0.3, -0.25) is 0 Å². The third kappa shape index (κ3) is 3.00. The van der Waals surface area contributed by atoms with Crippen molar-refractivity contribution < 1.29 is 4.74 Å². The molecule has 17 heavy (non-hydrogen) atoms. The maximum absolute atomic E-state index is 8.93. The summed E-state index contributed by atoms with van der Waals surface area (Å²) in [4.78, 5) is 0. The van der Waals surface area contributed by atoms with Crippen molar-refractivity contribution in [2.45, 2.75) is 39.5 Å². The molecule has 0 aromatic heterocycles. The van der Waals surface area contributed by atoms with Crippen LogP contribution in [0.4, 0.5) is 0 Å². The van der Waals surface area contributed by atoms with E-state index in [2.05, 4.69) is 18.2 Å². The minimum atomic E-state index is -0.421. The minimum Gasteiger partial charge on any atom is -0.492 e. The summed E-state index contributed by atoms with van der Waals surface area (Å²) in [6, 6.07) is 8.58. The van der Waals surface area contributed by atoms with E-state index in [-0.39, 0.29) is 0 Å². The van der Waals surface area contributed by atoms with Gasteiger partial charge in [-0.15, -0.1) is 0 Å². The van der Waals surface area contributed by atoms with Gasteiger partial charge in [0.2, 0.25) is 0 Å². The second-order valence-electron chi connectivity index (χ2n) is 5.42. The Balaban J connectivity index is 2.05. The van der Waals surface area contributed by atoms with Crippen LogP contribution in [0.5, 0.6) is 5.75 Å². The van der Waals surface area contributed by atoms with Crippen LogP contribution in [0.2, 0.25) is 0 Å². The van der Waals surface area contributed by atoms with Crippen molar-refractivity contribution >= 4 is 0 Å². The molecule has 0 spiro atoms. The summed E-state index contributed by atoms with van der Waals surface area (Å²) in [7, 11) is 0. The molecule has 1 aromatic carbocycles. The number of benzene rings is 1. The number of hydrogen-bond acceptors (Lipinski definition) is 2. The first-order valence-electron chi connectivity index (χ1n) is 6.27. The van der Waals surface area contributed by atoms with E-state index in [1.165, 1.54) is 30.4 Å². The Morgan fingerprint density at radius 2 is 1.94 bits per heavy atom. The quantitative estimate of drug-likeness (QED) is 0.794. The molecule has 0 fully saturated rings. The lowest BCUT2D eigenvalue weighted by molar-refractivity contribution is 0.227. The normalized spacial score (nSPS) is 14.9. The predicted molar refractivity (Wildman–Crippen MR) is 68.0 cm³/mol. The van der Waals surface area contributed by atoms with Gasteiger partial charge in [-0.1, -0.05) is 6.07 Å². The average molecular weight is 229 g/mol. The van der Waals surface area contributed by atoms with Crippen molar-refractivity contribution in [2.24, 2.45) is 5.41 Å². The average Bonchev–Trinajstić information content (AvgIpc) is 2.36. The van der Waals surface area contributed by atoms with Crippen LogP contribution < -0.4 is 4.74 Å². The summed E-state index contributed by atoms with van der Waals surface area (Å²) < 4.78 is 5.71. The van der Waals surface area contributed by atoms with Crippen LogP contribution in [-0.2, 0) is 12.8 Å². The van der Waals surface area contributed by atoms with Gasteiger partial charge in [0.05, 0.1) is 11.5 Å². The van der Waals surface area contributed by atoms with Crippen molar-refractivity contribution in [3.63, 3.8) is 0 Å². The van der Waals surface area contributed by atoms with Gasteiger partial charge in [0.1, 0.15) is 12.4 Å². The maximum Gasteiger partial charge on any atom is 0.119 e. The Hall–Kier alpha value is -1.49. The predicted octanol–water partition coefficient (Wildman–Crippen LogP) is 3.49. The largest absolute Gasteiger partial charge is 0.492 e. The summed E-state index contributed by atoms with van der Waals surface area (Å²) in [6.45, 7) is 4.24. The second-order valence-corrected chi connectivity index (χ2v) is 5.42. The Morgan fingerprint density at radius 3 is 2.65 bits per heavy atom. The summed E-state index contributed by atoms with van der Waals surface area (Å²) >= 11 is 0. The van der Waals surface area contributed by atoms with E-state index in [1.54, 1.807) is 0 Å². The molecule has 0 amide bonds. The van der Waals surface area contributed by atoms with Gasteiger partial charge in [0, 0.05) is 0 Å². The van der Waals surface area contributed by atoms with Gasteiger partial charge in [-0.05, 0) is 62.8 Å². The molecule has 90 valence electrons.